The van der Waals surface area contributed by atoms with Crippen molar-refractivity contribution in [2.45, 2.75) is 4.90 Å². The molecule has 0 atom stereocenters. The van der Waals surface area contributed by atoms with Crippen LogP contribution in [0.1, 0.15) is 0 Å². The summed E-state index contributed by atoms with van der Waals surface area (Å²) in [5.41, 5.74) is -0.649. The van der Waals surface area contributed by atoms with Gasteiger partial charge in [0.15, 0.2) is 4.90 Å². The Balaban J connectivity index is 2.47. The van der Waals surface area contributed by atoms with E-state index < -0.39 is 24.6 Å². The minimum Gasteiger partial charge on any atom is -0.456 e. The third kappa shape index (κ3) is 3.80. The van der Waals surface area contributed by atoms with Gasteiger partial charge in [0.1, 0.15) is 11.5 Å². The fraction of sp³-hybridized carbons (Fsp3) is 0. The van der Waals surface area contributed by atoms with Gasteiger partial charge in [-0.1, -0.05) is 23.2 Å². The summed E-state index contributed by atoms with van der Waals surface area (Å²) < 4.78 is 28.3. The molecule has 116 valence electrons. The number of benzene rings is 2. The van der Waals surface area contributed by atoms with Crippen molar-refractivity contribution in [2.24, 2.45) is 0 Å². The first-order chi connectivity index (χ1) is 10.2. The monoisotopic (exact) mass is 381 g/mol. The molecular weight excluding hydrogens is 377 g/mol. The zero-order valence-electron chi connectivity index (χ0n) is 10.5. The highest BCUT2D eigenvalue weighted by atomic mass is 35.7. The van der Waals surface area contributed by atoms with Crippen LogP contribution in [-0.2, 0) is 9.05 Å². The largest absolute Gasteiger partial charge is 0.456 e. The van der Waals surface area contributed by atoms with Crippen molar-refractivity contribution in [2.75, 3.05) is 0 Å². The van der Waals surface area contributed by atoms with E-state index >= 15 is 0 Å². The first-order valence-corrected chi connectivity index (χ1v) is 8.61. The van der Waals surface area contributed by atoms with E-state index in [1.165, 1.54) is 24.3 Å². The Labute approximate surface area is 139 Å². The molecule has 22 heavy (non-hydrogen) atoms. The highest BCUT2D eigenvalue weighted by Gasteiger charge is 2.25. The Morgan fingerprint density at radius 2 is 1.77 bits per heavy atom. The Morgan fingerprint density at radius 1 is 1.09 bits per heavy atom. The van der Waals surface area contributed by atoms with Crippen LogP contribution in [0.3, 0.4) is 0 Å². The molecule has 0 aliphatic rings. The van der Waals surface area contributed by atoms with E-state index in [2.05, 4.69) is 0 Å². The van der Waals surface area contributed by atoms with E-state index in [1.807, 2.05) is 0 Å². The predicted molar refractivity (Wildman–Crippen MR) is 82.7 cm³/mol. The van der Waals surface area contributed by atoms with Gasteiger partial charge in [0.2, 0.25) is 0 Å². The Morgan fingerprint density at radius 3 is 2.32 bits per heavy atom. The molecule has 10 heteroatoms. The van der Waals surface area contributed by atoms with Crippen molar-refractivity contribution in [1.82, 2.24) is 0 Å². The highest BCUT2D eigenvalue weighted by molar-refractivity contribution is 8.13. The van der Waals surface area contributed by atoms with E-state index in [4.69, 9.17) is 38.6 Å². The lowest BCUT2D eigenvalue weighted by Gasteiger charge is -2.09. The van der Waals surface area contributed by atoms with Gasteiger partial charge in [0.05, 0.1) is 9.95 Å². The lowest BCUT2D eigenvalue weighted by Crippen LogP contribution is -1.99. The molecule has 0 radical (unpaired) electrons. The van der Waals surface area contributed by atoms with Crippen molar-refractivity contribution >= 4 is 48.6 Å². The molecule has 0 saturated carbocycles. The van der Waals surface area contributed by atoms with Crippen LogP contribution < -0.4 is 4.74 Å². The van der Waals surface area contributed by atoms with Crippen LogP contribution in [0.25, 0.3) is 0 Å². The predicted octanol–water partition coefficient (Wildman–Crippen LogP) is 4.62. The summed E-state index contributed by atoms with van der Waals surface area (Å²) in [5, 5.41) is 11.4. The van der Waals surface area contributed by atoms with Crippen molar-refractivity contribution in [3.05, 3.63) is 56.6 Å². The van der Waals surface area contributed by atoms with E-state index in [9.17, 15) is 18.5 Å². The van der Waals surface area contributed by atoms with Crippen LogP contribution in [0.2, 0.25) is 10.0 Å². The number of hydrogen-bond donors (Lipinski definition) is 0. The molecule has 0 fully saturated rings. The van der Waals surface area contributed by atoms with Gasteiger partial charge in [-0.2, -0.15) is 0 Å². The van der Waals surface area contributed by atoms with Crippen molar-refractivity contribution in [3.8, 4) is 11.5 Å². The SMILES string of the molecule is O=[N+]([O-])c1ccc(Oc2ccc(Cl)cc2Cl)cc1S(=O)(=O)Cl. The van der Waals surface area contributed by atoms with Crippen molar-refractivity contribution in [1.29, 1.82) is 0 Å². The molecule has 0 spiro atoms. The summed E-state index contributed by atoms with van der Waals surface area (Å²) >= 11 is 11.7. The summed E-state index contributed by atoms with van der Waals surface area (Å²) in [4.78, 5) is 9.32. The van der Waals surface area contributed by atoms with E-state index in [0.717, 1.165) is 12.1 Å². The first-order valence-electron chi connectivity index (χ1n) is 5.54. The van der Waals surface area contributed by atoms with Crippen LogP contribution in [0.15, 0.2) is 41.3 Å². The van der Waals surface area contributed by atoms with Gasteiger partial charge < -0.3 is 4.74 Å². The maximum atomic E-state index is 11.4. The second-order valence-corrected chi connectivity index (χ2v) is 7.38. The molecule has 2 aromatic rings. The quantitative estimate of drug-likeness (QED) is 0.437. The Hall–Kier alpha value is -1.54. The number of hydrogen-bond acceptors (Lipinski definition) is 5. The minimum atomic E-state index is -4.31. The highest BCUT2D eigenvalue weighted by Crippen LogP contribution is 2.35. The molecular formula is C12H6Cl3NO5S. The number of nitro groups is 1. The normalized spacial score (nSPS) is 11.2. The van der Waals surface area contributed by atoms with Crippen LogP contribution >= 0.6 is 33.9 Å². The zero-order chi connectivity index (χ0) is 16.5. The number of nitrogens with zero attached hydrogens (tertiary/aromatic N) is 1. The second kappa shape index (κ2) is 6.29. The van der Waals surface area contributed by atoms with Gasteiger partial charge in [0.25, 0.3) is 14.7 Å². The van der Waals surface area contributed by atoms with Crippen LogP contribution in [-0.4, -0.2) is 13.3 Å². The summed E-state index contributed by atoms with van der Waals surface area (Å²) in [7, 11) is 0.890. The van der Waals surface area contributed by atoms with Crippen molar-refractivity contribution < 1.29 is 18.1 Å². The first kappa shape index (κ1) is 16.8. The fourth-order valence-corrected chi connectivity index (χ4v) is 3.06. The molecule has 0 unspecified atom stereocenters. The van der Waals surface area contributed by atoms with Gasteiger partial charge in [-0.25, -0.2) is 8.42 Å². The number of ether oxygens (including phenoxy) is 1. The average Bonchev–Trinajstić information content (AvgIpc) is 2.40. The maximum Gasteiger partial charge on any atom is 0.289 e. The summed E-state index contributed by atoms with van der Waals surface area (Å²) in [6.07, 6.45) is 0. The lowest BCUT2D eigenvalue weighted by molar-refractivity contribution is -0.387. The van der Waals surface area contributed by atoms with E-state index in [1.54, 1.807) is 0 Å². The van der Waals surface area contributed by atoms with Gasteiger partial charge in [0, 0.05) is 27.8 Å². The standard InChI is InChI=1S/C12H6Cl3NO5S/c13-7-1-4-11(9(14)5-7)21-8-2-3-10(16(17)18)12(6-8)22(15,19)20/h1-6H. The van der Waals surface area contributed by atoms with Crippen LogP contribution in [0, 0.1) is 10.1 Å². The average molecular weight is 383 g/mol. The molecule has 0 aliphatic carbocycles. The number of halogens is 3. The zero-order valence-corrected chi connectivity index (χ0v) is 13.6. The molecule has 2 aromatic carbocycles. The van der Waals surface area contributed by atoms with Gasteiger partial charge in [-0.15, -0.1) is 0 Å². The van der Waals surface area contributed by atoms with Gasteiger partial charge >= 0.3 is 0 Å². The number of nitro benzene ring substituents is 1. The molecule has 0 aliphatic heterocycles. The summed E-state index contributed by atoms with van der Waals surface area (Å²) in [6.45, 7) is 0. The minimum absolute atomic E-state index is 0.0223. The lowest BCUT2D eigenvalue weighted by atomic mass is 10.3. The molecule has 0 heterocycles. The van der Waals surface area contributed by atoms with Crippen LogP contribution in [0.4, 0.5) is 5.69 Å². The Kier molecular flexibility index (Phi) is 4.81. The van der Waals surface area contributed by atoms with Gasteiger partial charge in [-0.3, -0.25) is 10.1 Å². The summed E-state index contributed by atoms with van der Waals surface area (Å²) in [5.74, 6) is 0.229. The third-order valence-electron chi connectivity index (χ3n) is 2.51. The molecule has 6 nitrogen and oxygen atoms in total. The van der Waals surface area contributed by atoms with Crippen molar-refractivity contribution in [3.63, 3.8) is 0 Å². The molecule has 0 aromatic heterocycles. The fourth-order valence-electron chi connectivity index (χ4n) is 1.59. The molecule has 2 rings (SSSR count). The second-order valence-electron chi connectivity index (χ2n) is 4.00. The third-order valence-corrected chi connectivity index (χ3v) is 4.39. The van der Waals surface area contributed by atoms with Gasteiger partial charge in [-0.05, 0) is 24.3 Å². The van der Waals surface area contributed by atoms with E-state index in [-0.39, 0.29) is 16.5 Å². The Bertz CT molecular complexity index is 854. The topological polar surface area (TPSA) is 86.5 Å². The molecule has 0 bridgehead atoms. The maximum absolute atomic E-state index is 11.4. The van der Waals surface area contributed by atoms with Crippen LogP contribution in [0.5, 0.6) is 11.5 Å². The number of rotatable bonds is 4. The summed E-state index contributed by atoms with van der Waals surface area (Å²) in [6, 6.07) is 7.59. The van der Waals surface area contributed by atoms with E-state index in [0.29, 0.717) is 5.02 Å². The smallest absolute Gasteiger partial charge is 0.289 e. The molecule has 0 saturated heterocycles. The molecule has 0 amide bonds. The molecule has 0 N–H and O–H groups in total.